The van der Waals surface area contributed by atoms with Crippen molar-refractivity contribution in [3.05, 3.63) is 87.4 Å². The Morgan fingerprint density at radius 3 is 2.37 bits per heavy atom. The van der Waals surface area contributed by atoms with E-state index in [2.05, 4.69) is 15.6 Å². The molecule has 0 saturated carbocycles. The molecule has 2 amide bonds. The highest BCUT2D eigenvalue weighted by molar-refractivity contribution is 6.13. The van der Waals surface area contributed by atoms with Gasteiger partial charge in [0.1, 0.15) is 23.3 Å². The van der Waals surface area contributed by atoms with Gasteiger partial charge in [-0.1, -0.05) is 0 Å². The second-order valence-corrected chi connectivity index (χ2v) is 7.55. The number of nitrogens with zero attached hydrogens (tertiary/aromatic N) is 2. The number of aromatic nitrogens is 2. The van der Waals surface area contributed by atoms with Gasteiger partial charge in [-0.25, -0.2) is 9.37 Å². The monoisotopic (exact) mass is 488 g/mol. The summed E-state index contributed by atoms with van der Waals surface area (Å²) in [4.78, 5) is 41.6. The third kappa shape index (κ3) is 4.63. The maximum Gasteiger partial charge on any atom is 0.418 e. The van der Waals surface area contributed by atoms with Crippen molar-refractivity contribution in [3.8, 4) is 0 Å². The molecule has 2 heterocycles. The zero-order chi connectivity index (χ0) is 25.5. The molecule has 0 radical (unpaired) electrons. The summed E-state index contributed by atoms with van der Waals surface area (Å²) < 4.78 is 60.8. The van der Waals surface area contributed by atoms with Crippen molar-refractivity contribution in [3.63, 3.8) is 0 Å². The smallest absolute Gasteiger partial charge is 0.418 e. The number of benzene rings is 2. The van der Waals surface area contributed by atoms with Crippen LogP contribution in [0.4, 0.5) is 28.9 Å². The molecule has 0 spiro atoms. The lowest BCUT2D eigenvalue weighted by molar-refractivity contribution is -0.136. The van der Waals surface area contributed by atoms with Gasteiger partial charge in [0.25, 0.3) is 17.4 Å². The fraction of sp³-hybridized carbons (Fsp3) is 0.130. The van der Waals surface area contributed by atoms with Crippen LogP contribution in [0.1, 0.15) is 32.0 Å². The van der Waals surface area contributed by atoms with Crippen LogP contribution in [-0.4, -0.2) is 21.4 Å². The minimum atomic E-state index is -4.90. The van der Waals surface area contributed by atoms with E-state index in [1.54, 1.807) is 0 Å². The fourth-order valence-electron chi connectivity index (χ4n) is 3.42. The van der Waals surface area contributed by atoms with E-state index in [1.807, 2.05) is 0 Å². The molecular weight excluding hydrogens is 472 g/mol. The minimum Gasteiger partial charge on any atom is -0.442 e. The van der Waals surface area contributed by atoms with Crippen LogP contribution in [0.15, 0.2) is 58.0 Å². The first kappa shape index (κ1) is 23.7. The lowest BCUT2D eigenvalue weighted by atomic mass is 10.1. The highest BCUT2D eigenvalue weighted by Gasteiger charge is 2.35. The molecule has 2 N–H and O–H groups in total. The van der Waals surface area contributed by atoms with Gasteiger partial charge < -0.3 is 19.6 Å². The van der Waals surface area contributed by atoms with E-state index >= 15 is 0 Å². The van der Waals surface area contributed by atoms with Crippen LogP contribution in [-0.2, 0) is 13.2 Å². The van der Waals surface area contributed by atoms with Crippen molar-refractivity contribution in [2.24, 2.45) is 7.05 Å². The summed E-state index contributed by atoms with van der Waals surface area (Å²) in [7, 11) is 1.40. The Morgan fingerprint density at radius 1 is 1.03 bits per heavy atom. The lowest BCUT2D eigenvalue weighted by Crippen LogP contribution is -2.22. The SMILES string of the molecule is Cc1oc2ncn(C)c(=O)c2c1C(=O)Nc1ccc(NC(=O)c2ccc(F)cc2)cc1C(F)(F)F. The van der Waals surface area contributed by atoms with Gasteiger partial charge >= 0.3 is 6.18 Å². The van der Waals surface area contributed by atoms with Crippen molar-refractivity contribution in [1.29, 1.82) is 0 Å². The molecule has 0 aliphatic carbocycles. The number of carbonyl (C=O) groups is 2. The zero-order valence-electron chi connectivity index (χ0n) is 18.2. The number of hydrogen-bond acceptors (Lipinski definition) is 5. The van der Waals surface area contributed by atoms with Crippen molar-refractivity contribution in [1.82, 2.24) is 9.55 Å². The van der Waals surface area contributed by atoms with Crippen molar-refractivity contribution >= 4 is 34.3 Å². The molecule has 2 aromatic heterocycles. The van der Waals surface area contributed by atoms with E-state index in [0.717, 1.165) is 28.8 Å². The van der Waals surface area contributed by atoms with E-state index in [9.17, 15) is 31.9 Å². The second-order valence-electron chi connectivity index (χ2n) is 7.55. The van der Waals surface area contributed by atoms with Crippen LogP contribution in [0.2, 0.25) is 0 Å². The third-order valence-electron chi connectivity index (χ3n) is 5.11. The number of nitrogens with one attached hydrogen (secondary N) is 2. The summed E-state index contributed by atoms with van der Waals surface area (Å²) in [5, 5.41) is 4.31. The molecule has 0 unspecified atom stereocenters. The standard InChI is InChI=1S/C23H16F4N4O4/c1-11-17(18-21(35-11)28-10-31(2)22(18)34)20(33)30-16-8-7-14(9-15(16)23(25,26)27)29-19(32)12-3-5-13(24)6-4-12/h3-10H,1-2H3,(H,29,32)(H,30,33). The number of fused-ring (bicyclic) bond motifs is 1. The maximum absolute atomic E-state index is 13.8. The first-order valence-electron chi connectivity index (χ1n) is 10.00. The molecule has 0 atom stereocenters. The predicted molar refractivity (Wildman–Crippen MR) is 118 cm³/mol. The van der Waals surface area contributed by atoms with Crippen LogP contribution in [0.3, 0.4) is 0 Å². The topological polar surface area (TPSA) is 106 Å². The molecule has 0 bridgehead atoms. The summed E-state index contributed by atoms with van der Waals surface area (Å²) >= 11 is 0. The first-order chi connectivity index (χ1) is 16.5. The van der Waals surface area contributed by atoms with Gasteiger partial charge in [-0.05, 0) is 49.4 Å². The fourth-order valence-corrected chi connectivity index (χ4v) is 3.42. The number of aryl methyl sites for hydroxylation is 2. The van der Waals surface area contributed by atoms with Crippen molar-refractivity contribution in [2.75, 3.05) is 10.6 Å². The van der Waals surface area contributed by atoms with Gasteiger partial charge in [-0.3, -0.25) is 14.4 Å². The Morgan fingerprint density at radius 2 is 1.71 bits per heavy atom. The summed E-state index contributed by atoms with van der Waals surface area (Å²) in [5.41, 5.74) is -2.97. The lowest BCUT2D eigenvalue weighted by Gasteiger charge is -2.16. The number of anilines is 2. The minimum absolute atomic E-state index is 0.00467. The number of amides is 2. The number of halogens is 4. The summed E-state index contributed by atoms with van der Waals surface area (Å²) in [5.74, 6) is -2.32. The van der Waals surface area contributed by atoms with E-state index in [0.29, 0.717) is 6.07 Å². The van der Waals surface area contributed by atoms with Gasteiger partial charge in [0.2, 0.25) is 5.71 Å². The zero-order valence-corrected chi connectivity index (χ0v) is 18.2. The van der Waals surface area contributed by atoms with Crippen molar-refractivity contribution in [2.45, 2.75) is 13.1 Å². The Bertz CT molecular complexity index is 1520. The molecule has 180 valence electrons. The van der Waals surface area contributed by atoms with E-state index in [1.165, 1.54) is 32.4 Å². The van der Waals surface area contributed by atoms with Crippen LogP contribution in [0.5, 0.6) is 0 Å². The molecule has 4 aromatic rings. The van der Waals surface area contributed by atoms with Crippen LogP contribution < -0.4 is 16.2 Å². The first-order valence-corrected chi connectivity index (χ1v) is 10.00. The van der Waals surface area contributed by atoms with Gasteiger partial charge in [-0.2, -0.15) is 13.2 Å². The van der Waals surface area contributed by atoms with Crippen LogP contribution in [0.25, 0.3) is 11.1 Å². The third-order valence-corrected chi connectivity index (χ3v) is 5.11. The maximum atomic E-state index is 13.8. The second kappa shape index (κ2) is 8.70. The van der Waals surface area contributed by atoms with Gasteiger partial charge in [-0.15, -0.1) is 0 Å². The molecule has 2 aromatic carbocycles. The van der Waals surface area contributed by atoms with Crippen LogP contribution in [0, 0.1) is 12.7 Å². The molecule has 4 rings (SSSR count). The van der Waals surface area contributed by atoms with Crippen LogP contribution >= 0.6 is 0 Å². The van der Waals surface area contributed by atoms with E-state index in [4.69, 9.17) is 4.42 Å². The number of carbonyl (C=O) groups excluding carboxylic acids is 2. The summed E-state index contributed by atoms with van der Waals surface area (Å²) in [6.45, 7) is 1.38. The van der Waals surface area contributed by atoms with Gasteiger partial charge in [0.05, 0.1) is 16.8 Å². The average Bonchev–Trinajstić information content (AvgIpc) is 3.13. The molecule has 0 saturated heterocycles. The van der Waals surface area contributed by atoms with E-state index < -0.39 is 40.6 Å². The Kier molecular flexibility index (Phi) is 5.89. The molecule has 0 aliphatic heterocycles. The number of rotatable bonds is 4. The Balaban J connectivity index is 1.67. The largest absolute Gasteiger partial charge is 0.442 e. The Hall–Kier alpha value is -4.48. The summed E-state index contributed by atoms with van der Waals surface area (Å²) in [6, 6.07) is 7.22. The summed E-state index contributed by atoms with van der Waals surface area (Å²) in [6.07, 6.45) is -3.71. The van der Waals surface area contributed by atoms with Crippen molar-refractivity contribution < 1.29 is 31.6 Å². The molecular formula is C23H16F4N4O4. The highest BCUT2D eigenvalue weighted by Crippen LogP contribution is 2.37. The van der Waals surface area contributed by atoms with E-state index in [-0.39, 0.29) is 33.7 Å². The Labute approximate surface area is 194 Å². The quantitative estimate of drug-likeness (QED) is 0.412. The molecule has 0 fully saturated rings. The molecule has 12 heteroatoms. The highest BCUT2D eigenvalue weighted by atomic mass is 19.4. The van der Waals surface area contributed by atoms with Gasteiger partial charge in [0, 0.05) is 18.3 Å². The number of hydrogen-bond donors (Lipinski definition) is 2. The molecule has 8 nitrogen and oxygen atoms in total. The normalized spacial score (nSPS) is 11.5. The number of furan rings is 1. The predicted octanol–water partition coefficient (Wildman–Crippen LogP) is 4.50. The number of alkyl halides is 3. The molecule has 35 heavy (non-hydrogen) atoms. The van der Waals surface area contributed by atoms with Gasteiger partial charge in [0.15, 0.2) is 0 Å². The molecule has 0 aliphatic rings. The average molecular weight is 488 g/mol.